The average molecular weight is 166 g/mol. The molecular weight excluding hydrogens is 144 g/mol. The molecule has 0 N–H and O–H groups in total. The number of allylic oxidation sites excluding steroid dienone is 2. The van der Waals surface area contributed by atoms with E-state index in [1.54, 1.807) is 0 Å². The van der Waals surface area contributed by atoms with Crippen LogP contribution in [0, 0.1) is 5.92 Å². The van der Waals surface area contributed by atoms with Crippen molar-refractivity contribution in [3.8, 4) is 0 Å². The van der Waals surface area contributed by atoms with Gasteiger partial charge in [-0.15, -0.1) is 13.2 Å². The van der Waals surface area contributed by atoms with Crippen molar-refractivity contribution in [2.75, 3.05) is 0 Å². The smallest absolute Gasteiger partial charge is 0.0265 e. The third-order valence-electron chi connectivity index (χ3n) is 2.17. The summed E-state index contributed by atoms with van der Waals surface area (Å²) in [6, 6.07) is 0. The highest BCUT2D eigenvalue weighted by molar-refractivity contribution is 4.87. The molecule has 0 aliphatic heterocycles. The molecule has 1 unspecified atom stereocenters. The summed E-state index contributed by atoms with van der Waals surface area (Å²) < 4.78 is 0. The molecule has 70 valence electrons. The predicted molar refractivity (Wildman–Crippen MR) is 57.3 cm³/mol. The van der Waals surface area contributed by atoms with Gasteiger partial charge in [-0.2, -0.15) is 0 Å². The van der Waals surface area contributed by atoms with Gasteiger partial charge in [0.05, 0.1) is 0 Å². The maximum atomic E-state index is 3.89. The van der Waals surface area contributed by atoms with Gasteiger partial charge in [-0.3, -0.25) is 0 Å². The predicted octanol–water partition coefficient (Wildman–Crippen LogP) is 4.34. The van der Waals surface area contributed by atoms with Crippen molar-refractivity contribution in [2.45, 2.75) is 46.0 Å². The van der Waals surface area contributed by atoms with Gasteiger partial charge in [-0.25, -0.2) is 0 Å². The highest BCUT2D eigenvalue weighted by Gasteiger charge is 1.95. The van der Waals surface area contributed by atoms with E-state index in [9.17, 15) is 0 Å². The van der Waals surface area contributed by atoms with E-state index in [2.05, 4.69) is 27.0 Å². The quantitative estimate of drug-likeness (QED) is 0.390. The standard InChI is InChI=1S/C12H22/c1-5-12(4)10-8-6-7-9-11(2)3/h5,12H,1-2,6-10H2,3-4H3. The van der Waals surface area contributed by atoms with E-state index in [4.69, 9.17) is 0 Å². The molecule has 0 aromatic heterocycles. The molecule has 0 bridgehead atoms. The van der Waals surface area contributed by atoms with Crippen molar-refractivity contribution in [1.29, 1.82) is 0 Å². The Kier molecular flexibility index (Phi) is 6.84. The van der Waals surface area contributed by atoms with Crippen molar-refractivity contribution in [3.05, 3.63) is 24.8 Å². The Morgan fingerprint density at radius 1 is 1.33 bits per heavy atom. The third kappa shape index (κ3) is 7.59. The van der Waals surface area contributed by atoms with Crippen LogP contribution >= 0.6 is 0 Å². The SMILES string of the molecule is C=CC(C)CCCCCC(=C)C. The Bertz CT molecular complexity index is 133. The minimum absolute atomic E-state index is 0.690. The van der Waals surface area contributed by atoms with Crippen LogP contribution in [0.5, 0.6) is 0 Å². The van der Waals surface area contributed by atoms with Crippen LogP contribution in [0.4, 0.5) is 0 Å². The number of hydrogen-bond acceptors (Lipinski definition) is 0. The molecule has 0 aliphatic rings. The summed E-state index contributed by atoms with van der Waals surface area (Å²) in [6.45, 7) is 12.0. The summed E-state index contributed by atoms with van der Waals surface area (Å²) in [5.41, 5.74) is 1.31. The highest BCUT2D eigenvalue weighted by atomic mass is 14.0. The van der Waals surface area contributed by atoms with Crippen molar-refractivity contribution in [3.63, 3.8) is 0 Å². The molecule has 0 aromatic carbocycles. The van der Waals surface area contributed by atoms with E-state index in [0.29, 0.717) is 5.92 Å². The van der Waals surface area contributed by atoms with Crippen LogP contribution in [-0.2, 0) is 0 Å². The lowest BCUT2D eigenvalue weighted by molar-refractivity contribution is 0.565. The van der Waals surface area contributed by atoms with Crippen LogP contribution < -0.4 is 0 Å². The Balaban J connectivity index is 3.10. The summed E-state index contributed by atoms with van der Waals surface area (Å²) >= 11 is 0. The maximum Gasteiger partial charge on any atom is -0.0265 e. The first kappa shape index (κ1) is 11.5. The molecule has 0 aliphatic carbocycles. The van der Waals surface area contributed by atoms with Gasteiger partial charge in [-0.05, 0) is 32.1 Å². The fourth-order valence-electron chi connectivity index (χ4n) is 1.19. The van der Waals surface area contributed by atoms with Crippen LogP contribution in [0.1, 0.15) is 46.0 Å². The van der Waals surface area contributed by atoms with Gasteiger partial charge in [0.1, 0.15) is 0 Å². The number of hydrogen-bond donors (Lipinski definition) is 0. The van der Waals surface area contributed by atoms with Crippen LogP contribution in [0.25, 0.3) is 0 Å². The normalized spacial score (nSPS) is 12.5. The second kappa shape index (κ2) is 7.15. The molecule has 0 heterocycles. The van der Waals surface area contributed by atoms with E-state index in [1.807, 2.05) is 6.08 Å². The van der Waals surface area contributed by atoms with Crippen molar-refractivity contribution >= 4 is 0 Å². The number of unbranched alkanes of at least 4 members (excludes halogenated alkanes) is 2. The zero-order valence-corrected chi connectivity index (χ0v) is 8.60. The van der Waals surface area contributed by atoms with E-state index in [1.165, 1.54) is 37.7 Å². The van der Waals surface area contributed by atoms with Gasteiger partial charge in [0.15, 0.2) is 0 Å². The zero-order chi connectivity index (χ0) is 9.40. The van der Waals surface area contributed by atoms with Gasteiger partial charge in [0, 0.05) is 0 Å². The topological polar surface area (TPSA) is 0 Å². The van der Waals surface area contributed by atoms with E-state index in [-0.39, 0.29) is 0 Å². The zero-order valence-electron chi connectivity index (χ0n) is 8.60. The van der Waals surface area contributed by atoms with Gasteiger partial charge in [0.2, 0.25) is 0 Å². The third-order valence-corrected chi connectivity index (χ3v) is 2.17. The molecule has 0 aromatic rings. The van der Waals surface area contributed by atoms with Crippen molar-refractivity contribution in [2.24, 2.45) is 5.92 Å². The van der Waals surface area contributed by atoms with E-state index in [0.717, 1.165) is 0 Å². The molecule has 0 saturated heterocycles. The van der Waals surface area contributed by atoms with Crippen LogP contribution in [0.3, 0.4) is 0 Å². The Morgan fingerprint density at radius 2 is 2.00 bits per heavy atom. The van der Waals surface area contributed by atoms with Gasteiger partial charge >= 0.3 is 0 Å². The maximum absolute atomic E-state index is 3.89. The summed E-state index contributed by atoms with van der Waals surface area (Å²) in [5, 5.41) is 0. The molecule has 0 amide bonds. The van der Waals surface area contributed by atoms with Crippen molar-refractivity contribution in [1.82, 2.24) is 0 Å². The minimum atomic E-state index is 0.690. The van der Waals surface area contributed by atoms with Crippen LogP contribution in [-0.4, -0.2) is 0 Å². The summed E-state index contributed by atoms with van der Waals surface area (Å²) in [5.74, 6) is 0.690. The van der Waals surface area contributed by atoms with Gasteiger partial charge < -0.3 is 0 Å². The summed E-state index contributed by atoms with van der Waals surface area (Å²) in [4.78, 5) is 0. The first-order valence-electron chi connectivity index (χ1n) is 4.93. The Hall–Kier alpha value is -0.520. The molecule has 0 rings (SSSR count). The molecule has 0 spiro atoms. The second-order valence-corrected chi connectivity index (χ2v) is 3.77. The highest BCUT2D eigenvalue weighted by Crippen LogP contribution is 2.12. The van der Waals surface area contributed by atoms with E-state index < -0.39 is 0 Å². The minimum Gasteiger partial charge on any atom is -0.103 e. The lowest BCUT2D eigenvalue weighted by Gasteiger charge is -2.04. The average Bonchev–Trinajstić information content (AvgIpc) is 2.03. The fourth-order valence-corrected chi connectivity index (χ4v) is 1.19. The Morgan fingerprint density at radius 3 is 2.50 bits per heavy atom. The first-order valence-corrected chi connectivity index (χ1v) is 4.93. The van der Waals surface area contributed by atoms with Crippen molar-refractivity contribution < 1.29 is 0 Å². The lowest BCUT2D eigenvalue weighted by Crippen LogP contribution is -1.88. The van der Waals surface area contributed by atoms with Crippen LogP contribution in [0.2, 0.25) is 0 Å². The largest absolute Gasteiger partial charge is 0.103 e. The monoisotopic (exact) mass is 166 g/mol. The second-order valence-electron chi connectivity index (χ2n) is 3.77. The molecule has 0 radical (unpaired) electrons. The number of rotatable bonds is 7. The molecular formula is C12H22. The molecule has 1 atom stereocenters. The summed E-state index contributed by atoms with van der Waals surface area (Å²) in [6.07, 6.45) is 8.51. The molecule has 0 nitrogen and oxygen atoms in total. The van der Waals surface area contributed by atoms with Crippen LogP contribution in [0.15, 0.2) is 24.8 Å². The molecule has 0 fully saturated rings. The fraction of sp³-hybridized carbons (Fsp3) is 0.667. The summed E-state index contributed by atoms with van der Waals surface area (Å²) in [7, 11) is 0. The van der Waals surface area contributed by atoms with Gasteiger partial charge in [0.25, 0.3) is 0 Å². The lowest BCUT2D eigenvalue weighted by atomic mass is 10.0. The van der Waals surface area contributed by atoms with E-state index >= 15 is 0 Å². The Labute approximate surface area is 77.4 Å². The molecule has 12 heavy (non-hydrogen) atoms. The first-order chi connectivity index (χ1) is 5.66. The van der Waals surface area contributed by atoms with Gasteiger partial charge in [-0.1, -0.05) is 31.4 Å². The molecule has 0 heteroatoms. The molecule has 0 saturated carbocycles.